The Kier molecular flexibility index (Phi) is 11.7. The quantitative estimate of drug-likeness (QED) is 0.0536. The second kappa shape index (κ2) is 16.0. The Morgan fingerprint density at radius 1 is 0.855 bits per heavy atom. The van der Waals surface area contributed by atoms with Crippen molar-refractivity contribution in [3.8, 4) is 17.2 Å². The summed E-state index contributed by atoms with van der Waals surface area (Å²) in [6.07, 6.45) is -1.29. The zero-order chi connectivity index (χ0) is 44.9. The average molecular weight is 1020 g/mol. The molecule has 3 aliphatic rings. The van der Waals surface area contributed by atoms with E-state index < -0.39 is 78.7 Å². The number of imidazole rings is 1. The van der Waals surface area contributed by atoms with Gasteiger partial charge in [-0.1, -0.05) is 46.4 Å². The molecule has 62 heavy (non-hydrogen) atoms. The Balaban J connectivity index is 0.964. The summed E-state index contributed by atoms with van der Waals surface area (Å²) in [4.78, 5) is 66.2. The fourth-order valence-corrected chi connectivity index (χ4v) is 12.7. The minimum atomic E-state index is -6.26. The summed E-state index contributed by atoms with van der Waals surface area (Å²) in [6.45, 7) is 0.689. The van der Waals surface area contributed by atoms with E-state index in [2.05, 4.69) is 32.4 Å². The molecule has 5 aromatic rings. The molecule has 2 aromatic heterocycles. The first-order valence-corrected chi connectivity index (χ1v) is 24.5. The molecule has 23 nitrogen and oxygen atoms in total. The van der Waals surface area contributed by atoms with Crippen molar-refractivity contribution in [2.75, 3.05) is 12.3 Å². The molecular formula is C31H25Cl4N5O18P4. The highest BCUT2D eigenvalue weighted by Gasteiger charge is 2.56. The summed E-state index contributed by atoms with van der Waals surface area (Å²) in [7, 11) is -24.1. The highest BCUT2D eigenvalue weighted by molar-refractivity contribution is 7.69. The topological polar surface area (TPSA) is 330 Å². The molecule has 1 fully saturated rings. The van der Waals surface area contributed by atoms with Gasteiger partial charge in [-0.2, -0.15) is 12.9 Å². The van der Waals surface area contributed by atoms with E-state index in [1.807, 2.05) is 0 Å². The zero-order valence-electron chi connectivity index (χ0n) is 30.5. The van der Waals surface area contributed by atoms with E-state index in [-0.39, 0.29) is 72.2 Å². The Morgan fingerprint density at radius 3 is 2.19 bits per heavy atom. The first kappa shape index (κ1) is 45.3. The van der Waals surface area contributed by atoms with Gasteiger partial charge in [0.25, 0.3) is 0 Å². The number of hydrogen-bond donors (Lipinski definition) is 6. The number of nitrogens with two attached hydrogens (primary N) is 1. The molecule has 5 heterocycles. The average Bonchev–Trinajstić information content (AvgIpc) is 3.84. The number of halogens is 4. The van der Waals surface area contributed by atoms with E-state index in [9.17, 15) is 47.7 Å². The largest absolute Gasteiger partial charge is 0.536 e. The standard InChI is InChI=1S/C31H25Cl4N5O18P4/c1-12-4-20-13(5-17(12)34)31(26-16(33)3-2-15(32)25(26)30(42)54-31)14-6-18(35)22(8-21(14)52-20)55-60(45,46)57-62(49,50)58-61(47,48)56-59(43,44)51-9-23-19(41)7-24(53-23)40-11-39-27-28(36)37-10-38-29(27)40/h2-6,8,10-11,19,23-24,41H,7,9H2,1H3,(H,43,44)(H,45,46)(H,47,48)(H,49,50)(H2,36,37,38)/t19?,23-,24-,31?/m1/s1. The minimum absolute atomic E-state index is 0.0117. The van der Waals surface area contributed by atoms with Crippen LogP contribution in [0.1, 0.15) is 45.3 Å². The van der Waals surface area contributed by atoms with Crippen molar-refractivity contribution in [3.63, 3.8) is 0 Å². The van der Waals surface area contributed by atoms with Crippen LogP contribution in [0.25, 0.3) is 11.2 Å². The molecule has 3 aromatic carbocycles. The number of esters is 1. The van der Waals surface area contributed by atoms with Crippen LogP contribution < -0.4 is 15.0 Å². The predicted molar refractivity (Wildman–Crippen MR) is 213 cm³/mol. The minimum Gasteiger partial charge on any atom is -0.456 e. The molecule has 3 aliphatic heterocycles. The van der Waals surface area contributed by atoms with Crippen molar-refractivity contribution in [1.29, 1.82) is 0 Å². The number of aliphatic hydroxyl groups is 1. The molecule has 0 aliphatic carbocycles. The number of hydrogen-bond acceptors (Lipinski definition) is 18. The molecule has 8 rings (SSSR count). The number of aliphatic hydroxyl groups excluding tert-OH is 1. The van der Waals surface area contributed by atoms with E-state index in [4.69, 9.17) is 70.9 Å². The second-order valence-electron chi connectivity index (χ2n) is 13.3. The third-order valence-corrected chi connectivity index (χ3v) is 16.5. The first-order valence-electron chi connectivity index (χ1n) is 17.0. The lowest BCUT2D eigenvalue weighted by molar-refractivity contribution is -0.0423. The number of benzene rings is 3. The number of aromatic nitrogens is 4. The first-order chi connectivity index (χ1) is 28.9. The van der Waals surface area contributed by atoms with Gasteiger partial charge in [0.15, 0.2) is 22.8 Å². The van der Waals surface area contributed by atoms with Gasteiger partial charge < -0.3 is 44.3 Å². The molecule has 6 unspecified atom stereocenters. The highest BCUT2D eigenvalue weighted by Crippen LogP contribution is 2.72. The maximum atomic E-state index is 13.4. The van der Waals surface area contributed by atoms with Crippen molar-refractivity contribution in [2.24, 2.45) is 0 Å². The lowest BCUT2D eigenvalue weighted by Crippen LogP contribution is -2.33. The van der Waals surface area contributed by atoms with Crippen molar-refractivity contribution in [2.45, 2.75) is 37.4 Å². The van der Waals surface area contributed by atoms with Gasteiger partial charge >= 0.3 is 37.3 Å². The lowest BCUT2D eigenvalue weighted by atomic mass is 9.77. The van der Waals surface area contributed by atoms with Crippen LogP contribution in [-0.2, 0) is 50.8 Å². The van der Waals surface area contributed by atoms with Crippen LogP contribution in [0.15, 0.2) is 49.1 Å². The monoisotopic (exact) mass is 1020 g/mol. The van der Waals surface area contributed by atoms with E-state index >= 15 is 0 Å². The molecule has 0 radical (unpaired) electrons. The third-order valence-electron chi connectivity index (χ3n) is 9.32. The number of anilines is 1. The number of fused-ring (bicyclic) bond motifs is 7. The highest BCUT2D eigenvalue weighted by atomic mass is 35.5. The van der Waals surface area contributed by atoms with Crippen LogP contribution in [0.5, 0.6) is 17.2 Å². The number of ether oxygens (including phenoxy) is 3. The molecule has 7 N–H and O–H groups in total. The maximum absolute atomic E-state index is 13.4. The third kappa shape index (κ3) is 8.42. The lowest BCUT2D eigenvalue weighted by Gasteiger charge is -2.37. The van der Waals surface area contributed by atoms with E-state index in [1.165, 1.54) is 35.2 Å². The van der Waals surface area contributed by atoms with Crippen molar-refractivity contribution >= 4 is 101 Å². The molecule has 31 heteroatoms. The van der Waals surface area contributed by atoms with Gasteiger partial charge in [0.2, 0.25) is 0 Å². The van der Waals surface area contributed by atoms with E-state index in [0.29, 0.717) is 5.56 Å². The predicted octanol–water partition coefficient (Wildman–Crippen LogP) is 7.09. The maximum Gasteiger partial charge on any atom is 0.536 e. The number of aryl methyl sites for hydroxylation is 1. The molecule has 8 atom stereocenters. The van der Waals surface area contributed by atoms with E-state index in [1.54, 1.807) is 6.92 Å². The number of phosphoric acid groups is 4. The number of nitrogen functional groups attached to an aromatic ring is 1. The second-order valence-corrected chi connectivity index (χ2v) is 21.1. The van der Waals surface area contributed by atoms with Gasteiger partial charge in [0, 0.05) is 39.2 Å². The smallest absolute Gasteiger partial charge is 0.456 e. The normalized spacial score (nSPS) is 24.2. The fourth-order valence-electron chi connectivity index (χ4n) is 6.83. The molecule has 1 spiro atoms. The Bertz CT molecular complexity index is 2930. The summed E-state index contributed by atoms with van der Waals surface area (Å²) in [6, 6.07) is 7.76. The summed E-state index contributed by atoms with van der Waals surface area (Å²) in [5.41, 5.74) is 5.00. The number of carbonyl (C=O) groups excluding carboxylic acids is 1. The van der Waals surface area contributed by atoms with Gasteiger partial charge in [-0.15, -0.1) is 0 Å². The van der Waals surface area contributed by atoms with Crippen LogP contribution in [0.4, 0.5) is 5.82 Å². The molecular weight excluding hydrogens is 996 g/mol. The van der Waals surface area contributed by atoms with E-state index in [0.717, 1.165) is 18.5 Å². The number of nitrogens with zero attached hydrogens (tertiary/aromatic N) is 4. The zero-order valence-corrected chi connectivity index (χ0v) is 37.1. The Hall–Kier alpha value is -3.24. The molecule has 0 amide bonds. The fraction of sp³-hybridized carbons (Fsp3) is 0.226. The molecule has 1 saturated heterocycles. The van der Waals surface area contributed by atoms with Crippen LogP contribution >= 0.6 is 77.7 Å². The van der Waals surface area contributed by atoms with Gasteiger partial charge in [-0.25, -0.2) is 38.0 Å². The molecule has 0 bridgehead atoms. The number of carbonyl (C=O) groups is 1. The van der Waals surface area contributed by atoms with Crippen LogP contribution in [0.2, 0.25) is 20.1 Å². The van der Waals surface area contributed by atoms with Crippen LogP contribution in [0.3, 0.4) is 0 Å². The van der Waals surface area contributed by atoms with Gasteiger partial charge in [0.05, 0.1) is 34.6 Å². The molecule has 0 saturated carbocycles. The number of phosphoric ester groups is 2. The summed E-state index contributed by atoms with van der Waals surface area (Å²) < 4.78 is 91.9. The van der Waals surface area contributed by atoms with Gasteiger partial charge in [-0.05, 0) is 42.8 Å². The Labute approximate surface area is 366 Å². The van der Waals surface area contributed by atoms with Crippen molar-refractivity contribution in [3.05, 3.63) is 97.0 Å². The van der Waals surface area contributed by atoms with Crippen LogP contribution in [0, 0.1) is 6.92 Å². The van der Waals surface area contributed by atoms with Gasteiger partial charge in [0.1, 0.15) is 35.7 Å². The van der Waals surface area contributed by atoms with Crippen LogP contribution in [-0.4, -0.2) is 69.0 Å². The molecule has 330 valence electrons. The SMILES string of the molecule is Cc1cc2c(cc1Cl)C1(OC(=O)c3c(Cl)ccc(Cl)c31)c1cc(Cl)c(OP(=O)(O)OP(=O)(O)OP(=O)(O)OP(=O)(O)OC[C@H]3O[C@@H](n4cnc5c(N)ncnc54)CC3O)cc1O2. The summed E-state index contributed by atoms with van der Waals surface area (Å²) in [5.74, 6) is -1.76. The van der Waals surface area contributed by atoms with Crippen molar-refractivity contribution in [1.82, 2.24) is 19.5 Å². The summed E-state index contributed by atoms with van der Waals surface area (Å²) in [5, 5.41) is 10.2. The van der Waals surface area contributed by atoms with Crippen molar-refractivity contribution < 1.29 is 83.9 Å². The van der Waals surface area contributed by atoms with Gasteiger partial charge in [-0.3, -0.25) is 14.0 Å². The Morgan fingerprint density at radius 2 is 1.48 bits per heavy atom. The number of rotatable bonds is 12. The summed E-state index contributed by atoms with van der Waals surface area (Å²) >= 11 is 26.0.